The fraction of sp³-hybridized carbons (Fsp3) is 0.286. The molecule has 0 bridgehead atoms. The summed E-state index contributed by atoms with van der Waals surface area (Å²) in [6, 6.07) is 13.7. The zero-order valence-electron chi connectivity index (χ0n) is 16.4. The number of halogens is 2. The molecule has 0 saturated carbocycles. The second-order valence-electron chi connectivity index (χ2n) is 6.81. The number of hydrogen-bond acceptors (Lipinski definition) is 4. The Morgan fingerprint density at radius 3 is 2.55 bits per heavy atom. The summed E-state index contributed by atoms with van der Waals surface area (Å²) in [7, 11) is 1.96. The Morgan fingerprint density at radius 2 is 1.90 bits per heavy atom. The fourth-order valence-corrected chi connectivity index (χ4v) is 3.59. The summed E-state index contributed by atoms with van der Waals surface area (Å²) in [5, 5.41) is 3.37. The van der Waals surface area contributed by atoms with Gasteiger partial charge in [-0.3, -0.25) is 9.78 Å². The Hall–Kier alpha value is -2.41. The molecule has 2 aromatic heterocycles. The van der Waals surface area contributed by atoms with Crippen LogP contribution in [0.5, 0.6) is 0 Å². The average molecular weight is 434 g/mol. The lowest BCUT2D eigenvalue weighted by Gasteiger charge is -2.36. The highest BCUT2D eigenvalue weighted by atomic mass is 35.5. The van der Waals surface area contributed by atoms with E-state index in [0.717, 1.165) is 29.3 Å². The van der Waals surface area contributed by atoms with Crippen molar-refractivity contribution >= 4 is 30.7 Å². The van der Waals surface area contributed by atoms with Crippen LogP contribution >= 0.6 is 24.8 Å². The molecule has 1 saturated heterocycles. The van der Waals surface area contributed by atoms with Gasteiger partial charge in [0, 0.05) is 44.6 Å². The molecule has 1 amide bonds. The van der Waals surface area contributed by atoms with Gasteiger partial charge >= 0.3 is 0 Å². The van der Waals surface area contributed by atoms with Crippen molar-refractivity contribution in [2.45, 2.75) is 13.0 Å². The highest BCUT2D eigenvalue weighted by Crippen LogP contribution is 2.25. The minimum absolute atomic E-state index is 0. The number of hydrogen-bond donors (Lipinski definition) is 1. The van der Waals surface area contributed by atoms with Gasteiger partial charge < -0.3 is 14.8 Å². The maximum absolute atomic E-state index is 13.3. The second-order valence-corrected chi connectivity index (χ2v) is 6.81. The van der Waals surface area contributed by atoms with Gasteiger partial charge in [-0.15, -0.1) is 24.8 Å². The first-order valence-electron chi connectivity index (χ1n) is 9.17. The molecule has 1 unspecified atom stereocenters. The van der Waals surface area contributed by atoms with E-state index < -0.39 is 0 Å². The van der Waals surface area contributed by atoms with E-state index in [1.54, 1.807) is 6.20 Å². The Labute approximate surface area is 183 Å². The maximum atomic E-state index is 13.3. The van der Waals surface area contributed by atoms with E-state index in [9.17, 15) is 4.79 Å². The summed E-state index contributed by atoms with van der Waals surface area (Å²) in [5.41, 5.74) is 3.33. The number of amides is 1. The standard InChI is InChI=1S/C21H23N5O.2ClH/c1-15-17(8-9-18(24-15)16-6-4-3-5-7-16)21(27)26-13-10-22-14-19(26)20-23-11-12-25(20)2;;/h3-9,11-12,19,22H,10,13-14H2,1-2H3;2*1H. The van der Waals surface area contributed by atoms with E-state index in [1.807, 2.05) is 72.1 Å². The first kappa shape index (κ1) is 22.9. The maximum Gasteiger partial charge on any atom is 0.256 e. The average Bonchev–Trinajstić information content (AvgIpc) is 3.14. The first-order chi connectivity index (χ1) is 13.1. The molecule has 0 spiro atoms. The minimum atomic E-state index is -0.0838. The van der Waals surface area contributed by atoms with Crippen molar-refractivity contribution in [1.29, 1.82) is 0 Å². The van der Waals surface area contributed by atoms with Crippen molar-refractivity contribution in [2.24, 2.45) is 7.05 Å². The highest BCUT2D eigenvalue weighted by molar-refractivity contribution is 5.96. The van der Waals surface area contributed by atoms with Crippen LogP contribution in [0.3, 0.4) is 0 Å². The van der Waals surface area contributed by atoms with Gasteiger partial charge in [-0.1, -0.05) is 30.3 Å². The smallest absolute Gasteiger partial charge is 0.256 e. The van der Waals surface area contributed by atoms with Gasteiger partial charge in [-0.2, -0.15) is 0 Å². The number of pyridine rings is 1. The zero-order chi connectivity index (χ0) is 18.8. The zero-order valence-corrected chi connectivity index (χ0v) is 18.0. The second kappa shape index (κ2) is 9.87. The highest BCUT2D eigenvalue weighted by Gasteiger charge is 2.31. The molecular weight excluding hydrogens is 409 g/mol. The number of carbonyl (C=O) groups is 1. The van der Waals surface area contributed by atoms with E-state index >= 15 is 0 Å². The van der Waals surface area contributed by atoms with Gasteiger partial charge in [0.05, 0.1) is 17.0 Å². The Balaban J connectivity index is 0.00000150. The largest absolute Gasteiger partial charge is 0.336 e. The van der Waals surface area contributed by atoms with Crippen LogP contribution in [0.15, 0.2) is 54.9 Å². The number of rotatable bonds is 3. The summed E-state index contributed by atoms with van der Waals surface area (Å²) in [4.78, 5) is 24.4. The molecule has 1 aromatic carbocycles. The SMILES string of the molecule is Cc1nc(-c2ccccc2)ccc1C(=O)N1CCNCC1c1nccn1C.Cl.Cl. The molecule has 1 aliphatic heterocycles. The number of nitrogens with zero attached hydrogens (tertiary/aromatic N) is 4. The number of nitrogens with one attached hydrogen (secondary N) is 1. The van der Waals surface area contributed by atoms with Crippen LogP contribution in [-0.2, 0) is 7.05 Å². The minimum Gasteiger partial charge on any atom is -0.336 e. The third-order valence-electron chi connectivity index (χ3n) is 5.05. The summed E-state index contributed by atoms with van der Waals surface area (Å²) in [5.74, 6) is 0.899. The molecule has 1 fully saturated rings. The van der Waals surface area contributed by atoms with Crippen LogP contribution < -0.4 is 5.32 Å². The molecule has 0 aliphatic carbocycles. The molecule has 0 radical (unpaired) electrons. The van der Waals surface area contributed by atoms with E-state index in [1.165, 1.54) is 0 Å². The molecule has 3 aromatic rings. The third-order valence-corrected chi connectivity index (χ3v) is 5.05. The van der Waals surface area contributed by atoms with Crippen molar-refractivity contribution in [3.8, 4) is 11.3 Å². The number of benzene rings is 1. The first-order valence-corrected chi connectivity index (χ1v) is 9.17. The summed E-state index contributed by atoms with van der Waals surface area (Å²) < 4.78 is 1.97. The van der Waals surface area contributed by atoms with Gasteiger partial charge in [0.25, 0.3) is 5.91 Å². The van der Waals surface area contributed by atoms with Gasteiger partial charge in [0.2, 0.25) is 0 Å². The summed E-state index contributed by atoms with van der Waals surface area (Å²) in [6.07, 6.45) is 3.68. The van der Waals surface area contributed by atoms with E-state index in [2.05, 4.69) is 15.3 Å². The van der Waals surface area contributed by atoms with Crippen LogP contribution in [0.1, 0.15) is 27.9 Å². The van der Waals surface area contributed by atoms with Crippen molar-refractivity contribution in [2.75, 3.05) is 19.6 Å². The molecule has 6 nitrogen and oxygen atoms in total. The predicted molar refractivity (Wildman–Crippen MR) is 119 cm³/mol. The Bertz CT molecular complexity index is 961. The molecule has 3 heterocycles. The predicted octanol–water partition coefficient (Wildman–Crippen LogP) is 3.42. The lowest BCUT2D eigenvalue weighted by atomic mass is 10.1. The third kappa shape index (κ3) is 4.61. The number of aromatic nitrogens is 3. The number of aryl methyl sites for hydroxylation is 2. The molecule has 4 rings (SSSR count). The molecule has 8 heteroatoms. The summed E-state index contributed by atoms with van der Waals surface area (Å²) in [6.45, 7) is 4.03. The van der Waals surface area contributed by atoms with Crippen LogP contribution in [-0.4, -0.2) is 45.0 Å². The monoisotopic (exact) mass is 433 g/mol. The molecular formula is C21H25Cl2N5O. The van der Waals surface area contributed by atoms with Crippen LogP contribution in [0.2, 0.25) is 0 Å². The van der Waals surface area contributed by atoms with Crippen LogP contribution in [0.25, 0.3) is 11.3 Å². The Morgan fingerprint density at radius 1 is 1.14 bits per heavy atom. The van der Waals surface area contributed by atoms with Gasteiger partial charge in [-0.25, -0.2) is 4.98 Å². The van der Waals surface area contributed by atoms with Crippen molar-refractivity contribution < 1.29 is 4.79 Å². The van der Waals surface area contributed by atoms with E-state index in [0.29, 0.717) is 18.7 Å². The van der Waals surface area contributed by atoms with Crippen molar-refractivity contribution in [1.82, 2.24) is 24.8 Å². The summed E-state index contributed by atoms with van der Waals surface area (Å²) >= 11 is 0. The van der Waals surface area contributed by atoms with Gasteiger partial charge in [0.15, 0.2) is 0 Å². The normalized spacial score (nSPS) is 15.9. The van der Waals surface area contributed by atoms with Gasteiger partial charge in [-0.05, 0) is 19.1 Å². The number of imidazole rings is 1. The number of piperazine rings is 1. The molecule has 1 N–H and O–H groups in total. The fourth-order valence-electron chi connectivity index (χ4n) is 3.59. The molecule has 154 valence electrons. The topological polar surface area (TPSA) is 63.1 Å². The lowest BCUT2D eigenvalue weighted by Crippen LogP contribution is -2.49. The Kier molecular flexibility index (Phi) is 7.79. The van der Waals surface area contributed by atoms with E-state index in [-0.39, 0.29) is 36.8 Å². The van der Waals surface area contributed by atoms with Crippen LogP contribution in [0, 0.1) is 6.92 Å². The lowest BCUT2D eigenvalue weighted by molar-refractivity contribution is 0.0619. The van der Waals surface area contributed by atoms with E-state index in [4.69, 9.17) is 0 Å². The molecule has 29 heavy (non-hydrogen) atoms. The molecule has 1 atom stereocenters. The molecule has 1 aliphatic rings. The van der Waals surface area contributed by atoms with Crippen molar-refractivity contribution in [3.63, 3.8) is 0 Å². The number of carbonyl (C=O) groups excluding carboxylic acids is 1. The van der Waals surface area contributed by atoms with Crippen molar-refractivity contribution in [3.05, 3.63) is 71.9 Å². The van der Waals surface area contributed by atoms with Gasteiger partial charge in [0.1, 0.15) is 11.9 Å². The quantitative estimate of drug-likeness (QED) is 0.686. The van der Waals surface area contributed by atoms with Crippen LogP contribution in [0.4, 0.5) is 0 Å².